The van der Waals surface area contributed by atoms with E-state index in [0.717, 1.165) is 43.1 Å². The van der Waals surface area contributed by atoms with Crippen LogP contribution >= 0.6 is 0 Å². The van der Waals surface area contributed by atoms with Crippen molar-refractivity contribution in [2.24, 2.45) is 0 Å². The first-order valence-electron chi connectivity index (χ1n) is 8.41. The molecule has 0 amide bonds. The number of ether oxygens (including phenoxy) is 2. The number of alkyl halides is 3. The fraction of sp³-hybridized carbons (Fsp3) is 0.368. The third kappa shape index (κ3) is 4.68. The first kappa shape index (κ1) is 18.5. The van der Waals surface area contributed by atoms with Gasteiger partial charge >= 0.3 is 6.36 Å². The Bertz CT molecular complexity index is 696. The highest BCUT2D eigenvalue weighted by molar-refractivity contribution is 5.38. The monoisotopic (exact) mass is 366 g/mol. The molecule has 1 saturated heterocycles. The van der Waals surface area contributed by atoms with Gasteiger partial charge in [-0.25, -0.2) is 0 Å². The van der Waals surface area contributed by atoms with Crippen LogP contribution in [0, 0.1) is 0 Å². The zero-order chi connectivity index (χ0) is 18.6. The third-order valence-electron chi connectivity index (χ3n) is 4.38. The summed E-state index contributed by atoms with van der Waals surface area (Å²) in [6.07, 6.45) is -4.69. The number of methoxy groups -OCH3 is 1. The molecule has 0 bridgehead atoms. The first-order chi connectivity index (χ1) is 12.5. The van der Waals surface area contributed by atoms with Crippen LogP contribution in [0.15, 0.2) is 48.5 Å². The summed E-state index contributed by atoms with van der Waals surface area (Å²) in [6.45, 7) is 3.47. The molecule has 1 heterocycles. The van der Waals surface area contributed by atoms with Crippen LogP contribution in [-0.2, 0) is 0 Å². The largest absolute Gasteiger partial charge is 0.573 e. The molecule has 1 aliphatic heterocycles. The van der Waals surface area contributed by atoms with E-state index in [4.69, 9.17) is 4.74 Å². The van der Waals surface area contributed by atoms with E-state index in [0.29, 0.717) is 0 Å². The van der Waals surface area contributed by atoms with Gasteiger partial charge in [-0.15, -0.1) is 13.2 Å². The maximum atomic E-state index is 12.4. The Morgan fingerprint density at radius 2 is 1.38 bits per heavy atom. The van der Waals surface area contributed by atoms with Gasteiger partial charge in [0.1, 0.15) is 11.5 Å². The molecule has 1 fully saturated rings. The van der Waals surface area contributed by atoms with Gasteiger partial charge < -0.3 is 14.8 Å². The van der Waals surface area contributed by atoms with Crippen LogP contribution in [0.1, 0.15) is 17.2 Å². The molecule has 1 N–H and O–H groups in total. The zero-order valence-corrected chi connectivity index (χ0v) is 14.4. The molecule has 1 atom stereocenters. The van der Waals surface area contributed by atoms with Crippen molar-refractivity contribution in [3.8, 4) is 11.5 Å². The molecule has 0 radical (unpaired) electrons. The minimum absolute atomic E-state index is 0.0389. The lowest BCUT2D eigenvalue weighted by Gasteiger charge is -2.35. The summed E-state index contributed by atoms with van der Waals surface area (Å²) < 4.78 is 46.3. The van der Waals surface area contributed by atoms with Gasteiger partial charge in [0, 0.05) is 26.2 Å². The number of nitrogens with one attached hydrogen (secondary N) is 1. The van der Waals surface area contributed by atoms with Crippen LogP contribution in [0.2, 0.25) is 0 Å². The van der Waals surface area contributed by atoms with Crippen LogP contribution < -0.4 is 14.8 Å². The summed E-state index contributed by atoms with van der Waals surface area (Å²) in [6, 6.07) is 13.8. The first-order valence-corrected chi connectivity index (χ1v) is 8.41. The fourth-order valence-electron chi connectivity index (χ4n) is 3.19. The van der Waals surface area contributed by atoms with Gasteiger partial charge in [0.05, 0.1) is 13.2 Å². The predicted molar refractivity (Wildman–Crippen MR) is 92.4 cm³/mol. The Hall–Kier alpha value is -2.25. The summed E-state index contributed by atoms with van der Waals surface area (Å²) in [5.74, 6) is 0.553. The van der Waals surface area contributed by atoms with E-state index in [1.54, 1.807) is 19.2 Å². The highest BCUT2D eigenvalue weighted by Crippen LogP contribution is 2.32. The average Bonchev–Trinajstić information content (AvgIpc) is 2.64. The molecule has 140 valence electrons. The highest BCUT2D eigenvalue weighted by atomic mass is 19.4. The second-order valence-electron chi connectivity index (χ2n) is 6.08. The normalized spacial score (nSPS) is 16.9. The molecule has 0 spiro atoms. The summed E-state index contributed by atoms with van der Waals surface area (Å²) in [5.41, 5.74) is 1.99. The number of hydrogen-bond acceptors (Lipinski definition) is 4. The van der Waals surface area contributed by atoms with Crippen LogP contribution in [0.5, 0.6) is 11.5 Å². The van der Waals surface area contributed by atoms with Crippen molar-refractivity contribution in [3.63, 3.8) is 0 Å². The minimum Gasteiger partial charge on any atom is -0.497 e. The van der Waals surface area contributed by atoms with Crippen molar-refractivity contribution >= 4 is 0 Å². The molecule has 0 saturated carbocycles. The molecule has 2 aromatic carbocycles. The fourth-order valence-corrected chi connectivity index (χ4v) is 3.19. The van der Waals surface area contributed by atoms with Gasteiger partial charge in [0.2, 0.25) is 0 Å². The topological polar surface area (TPSA) is 33.7 Å². The number of rotatable bonds is 5. The van der Waals surface area contributed by atoms with Crippen molar-refractivity contribution in [3.05, 3.63) is 59.7 Å². The highest BCUT2D eigenvalue weighted by Gasteiger charge is 2.31. The molecule has 0 unspecified atom stereocenters. The molecular weight excluding hydrogens is 345 g/mol. The quantitative estimate of drug-likeness (QED) is 0.877. The van der Waals surface area contributed by atoms with Crippen molar-refractivity contribution in [2.75, 3.05) is 33.3 Å². The second-order valence-corrected chi connectivity index (χ2v) is 6.08. The maximum absolute atomic E-state index is 12.4. The van der Waals surface area contributed by atoms with Crippen LogP contribution in [0.4, 0.5) is 13.2 Å². The van der Waals surface area contributed by atoms with E-state index in [2.05, 4.69) is 15.0 Å². The Kier molecular flexibility index (Phi) is 5.68. The Morgan fingerprint density at radius 1 is 0.885 bits per heavy atom. The predicted octanol–water partition coefficient (Wildman–Crippen LogP) is 3.59. The third-order valence-corrected chi connectivity index (χ3v) is 4.38. The minimum atomic E-state index is -4.69. The van der Waals surface area contributed by atoms with Gasteiger partial charge in [-0.3, -0.25) is 4.90 Å². The van der Waals surface area contributed by atoms with Gasteiger partial charge in [-0.1, -0.05) is 24.3 Å². The summed E-state index contributed by atoms with van der Waals surface area (Å²) in [5, 5.41) is 3.32. The Balaban J connectivity index is 1.89. The molecule has 26 heavy (non-hydrogen) atoms. The maximum Gasteiger partial charge on any atom is 0.573 e. The number of piperazine rings is 1. The molecule has 0 aromatic heterocycles. The smallest absolute Gasteiger partial charge is 0.497 e. The van der Waals surface area contributed by atoms with Crippen molar-refractivity contribution in [2.45, 2.75) is 12.4 Å². The number of hydrogen-bond donors (Lipinski definition) is 1. The molecule has 3 rings (SSSR count). The lowest BCUT2D eigenvalue weighted by molar-refractivity contribution is -0.274. The second kappa shape index (κ2) is 7.97. The van der Waals surface area contributed by atoms with E-state index in [1.807, 2.05) is 24.3 Å². The lowest BCUT2D eigenvalue weighted by Crippen LogP contribution is -2.45. The van der Waals surface area contributed by atoms with E-state index < -0.39 is 6.36 Å². The molecule has 1 aliphatic rings. The zero-order valence-electron chi connectivity index (χ0n) is 14.4. The van der Waals surface area contributed by atoms with Crippen molar-refractivity contribution in [1.29, 1.82) is 0 Å². The molecule has 7 heteroatoms. The van der Waals surface area contributed by atoms with Crippen LogP contribution in [0.3, 0.4) is 0 Å². The van der Waals surface area contributed by atoms with Gasteiger partial charge in [-0.05, 0) is 35.4 Å². The van der Waals surface area contributed by atoms with E-state index in [1.165, 1.54) is 12.1 Å². The molecule has 0 aliphatic carbocycles. The SMILES string of the molecule is COc1ccc([C@@H](c2ccc(OC(F)(F)F)cc2)N2CCNCC2)cc1. The molecule has 2 aromatic rings. The Morgan fingerprint density at radius 3 is 1.85 bits per heavy atom. The van der Waals surface area contributed by atoms with E-state index >= 15 is 0 Å². The standard InChI is InChI=1S/C19H21F3N2O2/c1-25-16-6-2-14(3-7-16)18(24-12-10-23-11-13-24)15-4-8-17(9-5-15)26-19(20,21)22/h2-9,18,23H,10-13H2,1H3/t18-/m0/s1. The van der Waals surface area contributed by atoms with E-state index in [-0.39, 0.29) is 11.8 Å². The van der Waals surface area contributed by atoms with Crippen molar-refractivity contribution < 1.29 is 22.6 Å². The summed E-state index contributed by atoms with van der Waals surface area (Å²) in [7, 11) is 1.61. The average molecular weight is 366 g/mol. The van der Waals surface area contributed by atoms with Crippen LogP contribution in [-0.4, -0.2) is 44.6 Å². The Labute approximate surface area is 150 Å². The van der Waals surface area contributed by atoms with Gasteiger partial charge in [0.25, 0.3) is 0 Å². The van der Waals surface area contributed by atoms with Gasteiger partial charge in [-0.2, -0.15) is 0 Å². The van der Waals surface area contributed by atoms with Gasteiger partial charge in [0.15, 0.2) is 0 Å². The number of benzene rings is 2. The number of halogens is 3. The van der Waals surface area contributed by atoms with E-state index in [9.17, 15) is 13.2 Å². The lowest BCUT2D eigenvalue weighted by atomic mass is 9.96. The summed E-state index contributed by atoms with van der Waals surface area (Å²) in [4.78, 5) is 2.32. The molecule has 4 nitrogen and oxygen atoms in total. The van der Waals surface area contributed by atoms with Crippen molar-refractivity contribution in [1.82, 2.24) is 10.2 Å². The summed E-state index contributed by atoms with van der Waals surface area (Å²) >= 11 is 0. The van der Waals surface area contributed by atoms with Crippen LogP contribution in [0.25, 0.3) is 0 Å². The molecular formula is C19H21F3N2O2. The number of nitrogens with zero attached hydrogens (tertiary/aromatic N) is 1.